The van der Waals surface area contributed by atoms with E-state index in [9.17, 15) is 5.11 Å². The van der Waals surface area contributed by atoms with E-state index in [1.165, 1.54) is 5.69 Å². The molecule has 0 saturated carbocycles. The van der Waals surface area contributed by atoms with Crippen molar-refractivity contribution in [3.05, 3.63) is 53.3 Å². The van der Waals surface area contributed by atoms with Crippen molar-refractivity contribution < 1.29 is 5.11 Å². The molecule has 0 radical (unpaired) electrons. The minimum atomic E-state index is 0.316. The van der Waals surface area contributed by atoms with Crippen LogP contribution in [0.3, 0.4) is 0 Å². The van der Waals surface area contributed by atoms with Crippen LogP contribution in [-0.4, -0.2) is 41.2 Å². The van der Waals surface area contributed by atoms with Gasteiger partial charge >= 0.3 is 0 Å². The van der Waals surface area contributed by atoms with Gasteiger partial charge in [-0.2, -0.15) is 0 Å². The molecule has 0 amide bonds. The monoisotopic (exact) mass is 303 g/mol. The molecule has 1 N–H and O–H groups in total. The number of phenolic OH excluding ortho intramolecular Hbond substituents is 1. The Bertz CT molecular complexity index is 598. The first-order chi connectivity index (χ1) is 10.2. The van der Waals surface area contributed by atoms with Crippen LogP contribution in [0.25, 0.3) is 0 Å². The quantitative estimate of drug-likeness (QED) is 0.946. The van der Waals surface area contributed by atoms with Crippen molar-refractivity contribution in [2.75, 3.05) is 31.1 Å². The number of benzene rings is 1. The second-order valence-electron chi connectivity index (χ2n) is 5.24. The van der Waals surface area contributed by atoms with Gasteiger partial charge < -0.3 is 10.0 Å². The maximum absolute atomic E-state index is 9.89. The van der Waals surface area contributed by atoms with Gasteiger partial charge in [0.2, 0.25) is 0 Å². The lowest BCUT2D eigenvalue weighted by Crippen LogP contribution is -2.45. The average molecular weight is 304 g/mol. The van der Waals surface area contributed by atoms with E-state index in [0.717, 1.165) is 38.3 Å². The molecular formula is C16H18ClN3O. The maximum Gasteiger partial charge on any atom is 0.120 e. The van der Waals surface area contributed by atoms with E-state index >= 15 is 0 Å². The zero-order valence-electron chi connectivity index (χ0n) is 11.7. The summed E-state index contributed by atoms with van der Waals surface area (Å²) in [4.78, 5) is 8.75. The van der Waals surface area contributed by atoms with E-state index < -0.39 is 0 Å². The molecular weight excluding hydrogens is 286 g/mol. The fourth-order valence-corrected chi connectivity index (χ4v) is 2.84. The van der Waals surface area contributed by atoms with Gasteiger partial charge in [-0.3, -0.25) is 9.88 Å². The number of pyridine rings is 1. The van der Waals surface area contributed by atoms with Crippen LogP contribution in [0, 0.1) is 0 Å². The van der Waals surface area contributed by atoms with Crippen LogP contribution in [0.2, 0.25) is 5.02 Å². The van der Waals surface area contributed by atoms with Gasteiger partial charge in [0.25, 0.3) is 0 Å². The third kappa shape index (κ3) is 3.46. The van der Waals surface area contributed by atoms with Gasteiger partial charge in [-0.05, 0) is 30.3 Å². The van der Waals surface area contributed by atoms with E-state index in [1.807, 2.05) is 30.6 Å². The van der Waals surface area contributed by atoms with Crippen LogP contribution >= 0.6 is 11.6 Å². The first-order valence-electron chi connectivity index (χ1n) is 7.07. The Labute approximate surface area is 129 Å². The van der Waals surface area contributed by atoms with Crippen LogP contribution in [0.4, 0.5) is 5.69 Å². The lowest BCUT2D eigenvalue weighted by atomic mass is 10.1. The standard InChI is InChI=1S/C16H18ClN3O/c17-14-1-2-16(21)13(11-14)12-19-7-9-20(10-8-19)15-3-5-18-6-4-15/h1-6,11,21H,7-10,12H2. The number of rotatable bonds is 3. The van der Waals surface area contributed by atoms with Crippen molar-refractivity contribution in [3.8, 4) is 5.75 Å². The third-order valence-corrected chi connectivity index (χ3v) is 4.07. The molecule has 2 heterocycles. The van der Waals surface area contributed by atoms with Crippen molar-refractivity contribution in [2.45, 2.75) is 6.54 Å². The molecule has 110 valence electrons. The summed E-state index contributed by atoms with van der Waals surface area (Å²) in [6.45, 7) is 4.62. The molecule has 0 spiro atoms. The lowest BCUT2D eigenvalue weighted by Gasteiger charge is -2.36. The largest absolute Gasteiger partial charge is 0.508 e. The molecule has 1 aromatic heterocycles. The summed E-state index contributed by atoms with van der Waals surface area (Å²) in [5, 5.41) is 10.6. The average Bonchev–Trinajstić information content (AvgIpc) is 2.53. The third-order valence-electron chi connectivity index (χ3n) is 3.84. The SMILES string of the molecule is Oc1ccc(Cl)cc1CN1CCN(c2ccncc2)CC1. The number of halogens is 1. The summed E-state index contributed by atoms with van der Waals surface area (Å²) in [6.07, 6.45) is 3.65. The van der Waals surface area contributed by atoms with E-state index in [2.05, 4.69) is 14.8 Å². The number of phenols is 1. The zero-order chi connectivity index (χ0) is 14.7. The lowest BCUT2D eigenvalue weighted by molar-refractivity contribution is 0.247. The van der Waals surface area contributed by atoms with Gasteiger partial charge in [-0.15, -0.1) is 0 Å². The number of hydrogen-bond acceptors (Lipinski definition) is 4. The fourth-order valence-electron chi connectivity index (χ4n) is 2.64. The number of anilines is 1. The number of hydrogen-bond donors (Lipinski definition) is 1. The van der Waals surface area contributed by atoms with Crippen molar-refractivity contribution >= 4 is 17.3 Å². The predicted molar refractivity (Wildman–Crippen MR) is 84.8 cm³/mol. The Kier molecular flexibility index (Phi) is 4.27. The predicted octanol–water partition coefficient (Wildman–Crippen LogP) is 2.76. The minimum Gasteiger partial charge on any atom is -0.508 e. The summed E-state index contributed by atoms with van der Waals surface area (Å²) in [5.74, 6) is 0.316. The molecule has 2 aromatic rings. The Morgan fingerprint density at radius 3 is 2.48 bits per heavy atom. The molecule has 0 atom stereocenters. The first kappa shape index (κ1) is 14.2. The van der Waals surface area contributed by atoms with Crippen molar-refractivity contribution in [1.82, 2.24) is 9.88 Å². The summed E-state index contributed by atoms with van der Waals surface area (Å²) in [6, 6.07) is 9.29. The zero-order valence-corrected chi connectivity index (χ0v) is 12.5. The second kappa shape index (κ2) is 6.33. The first-order valence-corrected chi connectivity index (χ1v) is 7.45. The molecule has 4 nitrogen and oxygen atoms in total. The van der Waals surface area contributed by atoms with E-state index in [4.69, 9.17) is 11.6 Å². The van der Waals surface area contributed by atoms with Gasteiger partial charge in [0, 0.05) is 61.4 Å². The molecule has 21 heavy (non-hydrogen) atoms. The summed E-state index contributed by atoms with van der Waals surface area (Å²) in [5.41, 5.74) is 2.11. The van der Waals surface area contributed by atoms with Gasteiger partial charge in [-0.1, -0.05) is 11.6 Å². The number of nitrogens with zero attached hydrogens (tertiary/aromatic N) is 3. The van der Waals surface area contributed by atoms with Crippen LogP contribution < -0.4 is 4.90 Å². The summed E-state index contributed by atoms with van der Waals surface area (Å²) in [7, 11) is 0. The van der Waals surface area contributed by atoms with Crippen LogP contribution in [-0.2, 0) is 6.54 Å². The van der Waals surface area contributed by atoms with E-state index in [0.29, 0.717) is 10.8 Å². The Morgan fingerprint density at radius 1 is 1.05 bits per heavy atom. The van der Waals surface area contributed by atoms with Crippen molar-refractivity contribution in [1.29, 1.82) is 0 Å². The molecule has 3 rings (SSSR count). The molecule has 5 heteroatoms. The molecule has 0 aliphatic carbocycles. The number of aromatic hydroxyl groups is 1. The second-order valence-corrected chi connectivity index (χ2v) is 5.68. The van der Waals surface area contributed by atoms with E-state index in [-0.39, 0.29) is 0 Å². The van der Waals surface area contributed by atoms with Gasteiger partial charge in [0.1, 0.15) is 5.75 Å². The minimum absolute atomic E-state index is 0.316. The van der Waals surface area contributed by atoms with Crippen LogP contribution in [0.5, 0.6) is 5.75 Å². The molecule has 1 aliphatic rings. The van der Waals surface area contributed by atoms with Gasteiger partial charge in [0.15, 0.2) is 0 Å². The Morgan fingerprint density at radius 2 is 1.76 bits per heavy atom. The summed E-state index contributed by atoms with van der Waals surface area (Å²) < 4.78 is 0. The molecule has 1 saturated heterocycles. The Hall–Kier alpha value is -1.78. The topological polar surface area (TPSA) is 39.6 Å². The summed E-state index contributed by atoms with van der Waals surface area (Å²) >= 11 is 5.99. The highest BCUT2D eigenvalue weighted by molar-refractivity contribution is 6.30. The van der Waals surface area contributed by atoms with Crippen molar-refractivity contribution in [3.63, 3.8) is 0 Å². The molecule has 1 aromatic carbocycles. The van der Waals surface area contributed by atoms with Gasteiger partial charge in [0.05, 0.1) is 0 Å². The molecule has 0 unspecified atom stereocenters. The smallest absolute Gasteiger partial charge is 0.120 e. The maximum atomic E-state index is 9.89. The number of piperazine rings is 1. The van der Waals surface area contributed by atoms with E-state index in [1.54, 1.807) is 12.1 Å². The molecule has 1 fully saturated rings. The van der Waals surface area contributed by atoms with Crippen molar-refractivity contribution in [2.24, 2.45) is 0 Å². The van der Waals surface area contributed by atoms with Crippen LogP contribution in [0.15, 0.2) is 42.7 Å². The molecule has 0 bridgehead atoms. The fraction of sp³-hybridized carbons (Fsp3) is 0.312. The highest BCUT2D eigenvalue weighted by atomic mass is 35.5. The molecule has 1 aliphatic heterocycles. The van der Waals surface area contributed by atoms with Crippen LogP contribution in [0.1, 0.15) is 5.56 Å². The normalized spacial score (nSPS) is 16.1. The number of aromatic nitrogens is 1. The van der Waals surface area contributed by atoms with Gasteiger partial charge in [-0.25, -0.2) is 0 Å². The highest BCUT2D eigenvalue weighted by Gasteiger charge is 2.18. The Balaban J connectivity index is 1.60. The highest BCUT2D eigenvalue weighted by Crippen LogP contribution is 2.24.